The Hall–Kier alpha value is -1.31. The molecule has 1 aromatic rings. The zero-order chi connectivity index (χ0) is 16.0. The summed E-state index contributed by atoms with van der Waals surface area (Å²) in [6, 6.07) is 10.4. The van der Waals surface area contributed by atoms with Crippen LogP contribution in [-0.4, -0.2) is 12.5 Å². The van der Waals surface area contributed by atoms with Crippen molar-refractivity contribution >= 4 is 5.91 Å². The van der Waals surface area contributed by atoms with Crippen LogP contribution in [0, 0.1) is 17.8 Å². The van der Waals surface area contributed by atoms with Crippen molar-refractivity contribution < 1.29 is 4.79 Å². The van der Waals surface area contributed by atoms with E-state index in [4.69, 9.17) is 0 Å². The molecule has 0 saturated heterocycles. The second kappa shape index (κ2) is 7.63. The largest absolute Gasteiger partial charge is 0.355 e. The van der Waals surface area contributed by atoms with E-state index in [0.29, 0.717) is 18.4 Å². The summed E-state index contributed by atoms with van der Waals surface area (Å²) in [7, 11) is 0. The monoisotopic (exact) mass is 289 g/mol. The van der Waals surface area contributed by atoms with E-state index in [9.17, 15) is 4.79 Å². The van der Waals surface area contributed by atoms with Gasteiger partial charge in [0.05, 0.1) is 0 Å². The van der Waals surface area contributed by atoms with Crippen molar-refractivity contribution in [2.24, 2.45) is 17.8 Å². The Labute approximate surface area is 130 Å². The summed E-state index contributed by atoms with van der Waals surface area (Å²) >= 11 is 0. The minimum absolute atomic E-state index is 0.0454. The number of hydrogen-bond acceptors (Lipinski definition) is 1. The van der Waals surface area contributed by atoms with Crippen LogP contribution in [-0.2, 0) is 10.2 Å². The second-order valence-corrected chi connectivity index (χ2v) is 7.45. The molecule has 0 bridgehead atoms. The molecule has 0 aliphatic rings. The molecule has 1 unspecified atom stereocenters. The van der Waals surface area contributed by atoms with Crippen molar-refractivity contribution in [1.82, 2.24) is 5.32 Å². The first-order chi connectivity index (χ1) is 9.74. The fourth-order valence-corrected chi connectivity index (χ4v) is 2.62. The highest BCUT2D eigenvalue weighted by Gasteiger charge is 2.26. The van der Waals surface area contributed by atoms with Crippen LogP contribution in [0.2, 0.25) is 0 Å². The molecular weight excluding hydrogens is 258 g/mol. The highest BCUT2D eigenvalue weighted by atomic mass is 16.1. The fourth-order valence-electron chi connectivity index (χ4n) is 2.62. The Bertz CT molecular complexity index is 434. The van der Waals surface area contributed by atoms with Crippen molar-refractivity contribution in [1.29, 1.82) is 0 Å². The maximum Gasteiger partial charge on any atom is 0.223 e. The lowest BCUT2D eigenvalue weighted by molar-refractivity contribution is -0.127. The average Bonchev–Trinajstić information content (AvgIpc) is 2.43. The highest BCUT2D eigenvalue weighted by Crippen LogP contribution is 2.24. The molecule has 118 valence electrons. The molecule has 1 amide bonds. The van der Waals surface area contributed by atoms with Gasteiger partial charge in [-0.05, 0) is 23.8 Å². The second-order valence-electron chi connectivity index (χ2n) is 7.45. The van der Waals surface area contributed by atoms with Gasteiger partial charge in [0.25, 0.3) is 0 Å². The average molecular weight is 289 g/mol. The predicted molar refractivity (Wildman–Crippen MR) is 90.3 cm³/mol. The lowest BCUT2D eigenvalue weighted by Crippen LogP contribution is -2.41. The van der Waals surface area contributed by atoms with Gasteiger partial charge in [-0.3, -0.25) is 4.79 Å². The van der Waals surface area contributed by atoms with Gasteiger partial charge in [0, 0.05) is 17.9 Å². The minimum atomic E-state index is -0.0454. The van der Waals surface area contributed by atoms with E-state index in [2.05, 4.69) is 71.1 Å². The van der Waals surface area contributed by atoms with Gasteiger partial charge in [-0.15, -0.1) is 0 Å². The van der Waals surface area contributed by atoms with E-state index < -0.39 is 0 Å². The number of hydrogen-bond donors (Lipinski definition) is 1. The van der Waals surface area contributed by atoms with E-state index in [1.165, 1.54) is 5.56 Å². The summed E-state index contributed by atoms with van der Waals surface area (Å²) in [6.45, 7) is 13.7. The van der Waals surface area contributed by atoms with Gasteiger partial charge in [0.15, 0.2) is 0 Å². The summed E-state index contributed by atoms with van der Waals surface area (Å²) in [5.41, 5.74) is 1.21. The summed E-state index contributed by atoms with van der Waals surface area (Å²) in [5, 5.41) is 3.17. The lowest BCUT2D eigenvalue weighted by Gasteiger charge is -2.28. The number of carbonyl (C=O) groups is 1. The first-order valence-corrected chi connectivity index (χ1v) is 8.07. The van der Waals surface area contributed by atoms with Crippen LogP contribution in [0.3, 0.4) is 0 Å². The zero-order valence-electron chi connectivity index (χ0n) is 14.4. The van der Waals surface area contributed by atoms with Gasteiger partial charge in [0.2, 0.25) is 5.91 Å². The van der Waals surface area contributed by atoms with E-state index in [0.717, 1.165) is 6.42 Å². The highest BCUT2D eigenvalue weighted by molar-refractivity contribution is 5.79. The molecular formula is C19H31NO. The molecule has 0 aliphatic heterocycles. The molecule has 1 N–H and O–H groups in total. The molecule has 0 radical (unpaired) electrons. The first-order valence-electron chi connectivity index (χ1n) is 8.07. The molecule has 21 heavy (non-hydrogen) atoms. The van der Waals surface area contributed by atoms with Crippen molar-refractivity contribution in [2.45, 2.75) is 53.4 Å². The van der Waals surface area contributed by atoms with Crippen molar-refractivity contribution in [3.8, 4) is 0 Å². The molecule has 0 fully saturated rings. The predicted octanol–water partition coefficient (Wildman–Crippen LogP) is 4.40. The van der Waals surface area contributed by atoms with Gasteiger partial charge in [0.1, 0.15) is 0 Å². The molecule has 0 saturated carbocycles. The summed E-state index contributed by atoms with van der Waals surface area (Å²) < 4.78 is 0. The van der Waals surface area contributed by atoms with Crippen molar-refractivity contribution in [2.75, 3.05) is 6.54 Å². The smallest absolute Gasteiger partial charge is 0.223 e. The molecule has 1 aromatic carbocycles. The zero-order valence-corrected chi connectivity index (χ0v) is 14.4. The fraction of sp³-hybridized carbons (Fsp3) is 0.632. The molecule has 0 aromatic heterocycles. The molecule has 0 aliphatic carbocycles. The van der Waals surface area contributed by atoms with Crippen LogP contribution in [0.4, 0.5) is 0 Å². The van der Waals surface area contributed by atoms with Crippen molar-refractivity contribution in [3.05, 3.63) is 35.9 Å². The normalized spacial score (nSPS) is 13.5. The van der Waals surface area contributed by atoms with Crippen LogP contribution >= 0.6 is 0 Å². The number of nitrogens with one attached hydrogen (secondary N) is 1. The quantitative estimate of drug-likeness (QED) is 0.792. The Morgan fingerprint density at radius 1 is 1.10 bits per heavy atom. The van der Waals surface area contributed by atoms with Gasteiger partial charge in [-0.2, -0.15) is 0 Å². The van der Waals surface area contributed by atoms with Crippen LogP contribution in [0.1, 0.15) is 53.5 Å². The Morgan fingerprint density at radius 3 is 2.14 bits per heavy atom. The van der Waals surface area contributed by atoms with Crippen LogP contribution in [0.5, 0.6) is 0 Å². The summed E-state index contributed by atoms with van der Waals surface area (Å²) in [4.78, 5) is 12.5. The van der Waals surface area contributed by atoms with Crippen LogP contribution in [0.15, 0.2) is 30.3 Å². The third-order valence-corrected chi connectivity index (χ3v) is 4.13. The van der Waals surface area contributed by atoms with Crippen LogP contribution < -0.4 is 5.32 Å². The minimum Gasteiger partial charge on any atom is -0.355 e. The van der Waals surface area contributed by atoms with E-state index in [1.807, 2.05) is 6.07 Å². The van der Waals surface area contributed by atoms with Gasteiger partial charge >= 0.3 is 0 Å². The topological polar surface area (TPSA) is 29.1 Å². The maximum atomic E-state index is 12.5. The van der Waals surface area contributed by atoms with Crippen LogP contribution in [0.25, 0.3) is 0 Å². The standard InChI is InChI=1S/C19H31NO/c1-14(2)12-17(15(3)4)18(21)20-13-19(5,6)16-10-8-7-9-11-16/h7-11,14-15,17H,12-13H2,1-6H3,(H,20,21). The molecule has 1 rings (SSSR count). The number of amides is 1. The third-order valence-electron chi connectivity index (χ3n) is 4.13. The molecule has 0 spiro atoms. The molecule has 2 nitrogen and oxygen atoms in total. The van der Waals surface area contributed by atoms with E-state index in [-0.39, 0.29) is 17.2 Å². The summed E-state index contributed by atoms with van der Waals surface area (Å²) in [5.74, 6) is 1.23. The molecule has 0 heterocycles. The van der Waals surface area contributed by atoms with Gasteiger partial charge in [-0.1, -0.05) is 71.9 Å². The molecule has 1 atom stereocenters. The number of carbonyl (C=O) groups excluding carboxylic acids is 1. The van der Waals surface area contributed by atoms with E-state index >= 15 is 0 Å². The lowest BCUT2D eigenvalue weighted by atomic mass is 9.83. The summed E-state index contributed by atoms with van der Waals surface area (Å²) in [6.07, 6.45) is 0.954. The molecule has 2 heteroatoms. The Balaban J connectivity index is 2.66. The Kier molecular flexibility index (Phi) is 6.44. The SMILES string of the molecule is CC(C)CC(C(=O)NCC(C)(C)c1ccccc1)C(C)C. The number of benzene rings is 1. The van der Waals surface area contributed by atoms with E-state index in [1.54, 1.807) is 0 Å². The first kappa shape index (κ1) is 17.7. The van der Waals surface area contributed by atoms with Crippen molar-refractivity contribution in [3.63, 3.8) is 0 Å². The van der Waals surface area contributed by atoms with Gasteiger partial charge < -0.3 is 5.32 Å². The Morgan fingerprint density at radius 2 is 1.67 bits per heavy atom. The third kappa shape index (κ3) is 5.53. The van der Waals surface area contributed by atoms with Gasteiger partial charge in [-0.25, -0.2) is 0 Å². The number of rotatable bonds is 7. The maximum absolute atomic E-state index is 12.5.